The largest absolute Gasteiger partial charge is 0.466 e. The van der Waals surface area contributed by atoms with Gasteiger partial charge in [0.05, 0.1) is 18.7 Å². The average molecular weight is 436 g/mol. The molecule has 1 unspecified atom stereocenters. The van der Waals surface area contributed by atoms with Gasteiger partial charge < -0.3 is 9.47 Å². The third-order valence-electron chi connectivity index (χ3n) is 4.53. The molecule has 1 heterocycles. The molecule has 0 amide bonds. The molecule has 0 fully saturated rings. The second-order valence-electron chi connectivity index (χ2n) is 7.30. The Hall–Kier alpha value is -2.04. The molecule has 0 aliphatic carbocycles. The number of nitrogens with zero attached hydrogens (tertiary/aromatic N) is 1. The molecule has 1 aromatic heterocycles. The lowest BCUT2D eigenvalue weighted by Crippen LogP contribution is -2.23. The van der Waals surface area contributed by atoms with Gasteiger partial charge in [0.2, 0.25) is 5.88 Å². The summed E-state index contributed by atoms with van der Waals surface area (Å²) >= 11 is 12.8. The highest BCUT2D eigenvalue weighted by atomic mass is 35.5. The number of hydrogen-bond acceptors (Lipinski definition) is 4. The van der Waals surface area contributed by atoms with E-state index in [1.165, 1.54) is 7.11 Å². The molecular formula is C23H27Cl2NO3. The highest BCUT2D eigenvalue weighted by molar-refractivity contribution is 6.45. The molecule has 0 bridgehead atoms. The van der Waals surface area contributed by atoms with Gasteiger partial charge in [0.15, 0.2) is 0 Å². The van der Waals surface area contributed by atoms with Crippen molar-refractivity contribution in [3.8, 4) is 11.6 Å². The molecule has 0 radical (unpaired) electrons. The molecule has 2 aromatic rings. The highest BCUT2D eigenvalue weighted by Gasteiger charge is 2.33. The Labute approximate surface area is 182 Å². The number of hydrogen-bond donors (Lipinski definition) is 0. The lowest BCUT2D eigenvalue weighted by molar-refractivity contribution is -0.136. The molecule has 0 aliphatic rings. The van der Waals surface area contributed by atoms with Gasteiger partial charge in [-0.3, -0.25) is 0 Å². The van der Waals surface area contributed by atoms with Crippen molar-refractivity contribution in [3.05, 3.63) is 65.4 Å². The number of carbonyl (C=O) groups excluding carboxylic acids is 1. The van der Waals surface area contributed by atoms with Gasteiger partial charge in [0.1, 0.15) is 10.6 Å². The predicted octanol–water partition coefficient (Wildman–Crippen LogP) is 6.54. The van der Waals surface area contributed by atoms with E-state index in [0.29, 0.717) is 22.9 Å². The molecule has 0 aliphatic heterocycles. The zero-order valence-corrected chi connectivity index (χ0v) is 18.9. The van der Waals surface area contributed by atoms with Crippen LogP contribution in [0.4, 0.5) is 0 Å². The number of para-hydroxylation sites is 1. The summed E-state index contributed by atoms with van der Waals surface area (Å²) in [6, 6.07) is 14.9. The monoisotopic (exact) mass is 435 g/mol. The Bertz CT molecular complexity index is 848. The SMILES string of the molecule is COC(=O)C(=C(C(C)C)C(c1cccc(Oc2ccccc2)n1)C(Cl)Cl)C(C)C. The summed E-state index contributed by atoms with van der Waals surface area (Å²) in [5.41, 5.74) is 2.04. The number of rotatable bonds is 8. The van der Waals surface area contributed by atoms with Crippen molar-refractivity contribution in [2.45, 2.75) is 38.4 Å². The zero-order chi connectivity index (χ0) is 21.6. The van der Waals surface area contributed by atoms with Crippen LogP contribution >= 0.6 is 23.2 Å². The third-order valence-corrected chi connectivity index (χ3v) is 5.04. The van der Waals surface area contributed by atoms with Crippen molar-refractivity contribution in [2.24, 2.45) is 11.8 Å². The third kappa shape index (κ3) is 5.97. The summed E-state index contributed by atoms with van der Waals surface area (Å²) in [5, 5.41) is 0. The molecular weight excluding hydrogens is 409 g/mol. The van der Waals surface area contributed by atoms with Gasteiger partial charge in [0, 0.05) is 11.6 Å². The number of benzene rings is 1. The summed E-state index contributed by atoms with van der Waals surface area (Å²) in [6.45, 7) is 7.92. The van der Waals surface area contributed by atoms with Gasteiger partial charge >= 0.3 is 5.97 Å². The summed E-state index contributed by atoms with van der Waals surface area (Å²) in [5.74, 6) is 0.211. The van der Waals surface area contributed by atoms with Crippen molar-refractivity contribution >= 4 is 29.2 Å². The van der Waals surface area contributed by atoms with Crippen molar-refractivity contribution < 1.29 is 14.3 Å². The van der Waals surface area contributed by atoms with Crippen LogP contribution in [-0.2, 0) is 9.53 Å². The molecule has 0 spiro atoms. The standard InChI is InChI=1S/C23H27Cl2NO3/c1-14(2)19(20(15(3)4)23(27)28-5)21(22(24)25)17-12-9-13-18(26-17)29-16-10-7-6-8-11-16/h6-15,21-22H,1-5H3. The lowest BCUT2D eigenvalue weighted by Gasteiger charge is -2.28. The Morgan fingerprint density at radius 3 is 2.10 bits per heavy atom. The molecule has 156 valence electrons. The van der Waals surface area contributed by atoms with E-state index in [0.717, 1.165) is 5.57 Å². The summed E-state index contributed by atoms with van der Waals surface area (Å²) in [6.07, 6.45) is 0. The predicted molar refractivity (Wildman–Crippen MR) is 118 cm³/mol. The second-order valence-corrected chi connectivity index (χ2v) is 8.46. The van der Waals surface area contributed by atoms with E-state index >= 15 is 0 Å². The van der Waals surface area contributed by atoms with Crippen LogP contribution in [0.15, 0.2) is 59.7 Å². The summed E-state index contributed by atoms with van der Waals surface area (Å²) in [7, 11) is 1.38. The van der Waals surface area contributed by atoms with E-state index in [1.54, 1.807) is 6.07 Å². The summed E-state index contributed by atoms with van der Waals surface area (Å²) in [4.78, 5) is 16.4. The minimum Gasteiger partial charge on any atom is -0.466 e. The normalized spacial score (nSPS) is 13.4. The van der Waals surface area contributed by atoms with Crippen LogP contribution in [0, 0.1) is 11.8 Å². The van der Waals surface area contributed by atoms with Gasteiger partial charge in [-0.15, -0.1) is 23.2 Å². The van der Waals surface area contributed by atoms with Crippen molar-refractivity contribution in [1.29, 1.82) is 0 Å². The number of pyridine rings is 1. The van der Waals surface area contributed by atoms with Gasteiger partial charge in [-0.1, -0.05) is 52.0 Å². The fourth-order valence-electron chi connectivity index (χ4n) is 3.33. The van der Waals surface area contributed by atoms with E-state index in [4.69, 9.17) is 32.7 Å². The quantitative estimate of drug-likeness (QED) is 0.268. The maximum atomic E-state index is 12.6. The zero-order valence-electron chi connectivity index (χ0n) is 17.4. The molecule has 1 aromatic carbocycles. The van der Waals surface area contributed by atoms with E-state index in [9.17, 15) is 4.79 Å². The maximum absolute atomic E-state index is 12.6. The molecule has 0 N–H and O–H groups in total. The molecule has 0 saturated carbocycles. The van der Waals surface area contributed by atoms with Crippen LogP contribution in [0.25, 0.3) is 0 Å². The van der Waals surface area contributed by atoms with Crippen LogP contribution < -0.4 is 4.74 Å². The van der Waals surface area contributed by atoms with Crippen molar-refractivity contribution in [2.75, 3.05) is 7.11 Å². The van der Waals surface area contributed by atoms with Gasteiger partial charge in [-0.05, 0) is 35.6 Å². The molecule has 1 atom stereocenters. The molecule has 4 nitrogen and oxygen atoms in total. The highest BCUT2D eigenvalue weighted by Crippen LogP contribution is 2.40. The van der Waals surface area contributed by atoms with Crippen molar-refractivity contribution in [3.63, 3.8) is 0 Å². The number of ether oxygens (including phenoxy) is 2. The molecule has 29 heavy (non-hydrogen) atoms. The fraction of sp³-hybridized carbons (Fsp3) is 0.391. The van der Waals surface area contributed by atoms with Crippen LogP contribution in [0.2, 0.25) is 0 Å². The van der Waals surface area contributed by atoms with Gasteiger partial charge in [-0.2, -0.15) is 0 Å². The second kappa shape index (κ2) is 10.7. The number of aromatic nitrogens is 1. The van der Waals surface area contributed by atoms with E-state index in [2.05, 4.69) is 4.98 Å². The number of methoxy groups -OCH3 is 1. The minimum atomic E-state index is -0.801. The minimum absolute atomic E-state index is 0.0111. The topological polar surface area (TPSA) is 48.4 Å². The Morgan fingerprint density at radius 2 is 1.59 bits per heavy atom. The smallest absolute Gasteiger partial charge is 0.333 e. The Kier molecular flexibility index (Phi) is 8.54. The van der Waals surface area contributed by atoms with E-state index in [-0.39, 0.29) is 17.8 Å². The number of halogens is 2. The molecule has 2 rings (SSSR count). The number of allylic oxidation sites excluding steroid dienone is 1. The Morgan fingerprint density at radius 1 is 0.931 bits per heavy atom. The van der Waals surface area contributed by atoms with Gasteiger partial charge in [-0.25, -0.2) is 9.78 Å². The van der Waals surface area contributed by atoms with Gasteiger partial charge in [0.25, 0.3) is 0 Å². The lowest BCUT2D eigenvalue weighted by atomic mass is 9.81. The first kappa shape index (κ1) is 23.2. The fourth-order valence-corrected chi connectivity index (χ4v) is 3.86. The first-order valence-electron chi connectivity index (χ1n) is 9.56. The van der Waals surface area contributed by atoms with Crippen LogP contribution in [-0.4, -0.2) is 22.9 Å². The molecule has 6 heteroatoms. The first-order valence-corrected chi connectivity index (χ1v) is 10.4. The van der Waals surface area contributed by atoms with Crippen molar-refractivity contribution in [1.82, 2.24) is 4.98 Å². The molecule has 0 saturated heterocycles. The Balaban J connectivity index is 2.57. The van der Waals surface area contributed by atoms with E-state index < -0.39 is 10.8 Å². The van der Waals surface area contributed by atoms with Crippen LogP contribution in [0.5, 0.6) is 11.6 Å². The summed E-state index contributed by atoms with van der Waals surface area (Å²) < 4.78 is 10.9. The van der Waals surface area contributed by atoms with E-state index in [1.807, 2.05) is 70.2 Å². The number of alkyl halides is 2. The van der Waals surface area contributed by atoms with Crippen LogP contribution in [0.3, 0.4) is 0 Å². The maximum Gasteiger partial charge on any atom is 0.333 e. The average Bonchev–Trinajstić information content (AvgIpc) is 2.67. The number of esters is 1. The number of carbonyl (C=O) groups is 1. The van der Waals surface area contributed by atoms with Crippen LogP contribution in [0.1, 0.15) is 39.3 Å². The first-order chi connectivity index (χ1) is 13.8.